The van der Waals surface area contributed by atoms with Gasteiger partial charge < -0.3 is 10.5 Å². The summed E-state index contributed by atoms with van der Waals surface area (Å²) in [6.07, 6.45) is 4.93. The summed E-state index contributed by atoms with van der Waals surface area (Å²) in [6.45, 7) is 0. The maximum absolute atomic E-state index is 10.8. The fourth-order valence-corrected chi connectivity index (χ4v) is 1.83. The number of ether oxygens (including phenoxy) is 1. The topological polar surface area (TPSA) is 52.3 Å². The summed E-state index contributed by atoms with van der Waals surface area (Å²) < 4.78 is 4.57. The molecule has 0 aromatic rings. The normalized spacial score (nSPS) is 28.8. The number of nitrogens with two attached hydrogens (primary N) is 1. The molecule has 70 valence electrons. The van der Waals surface area contributed by atoms with Crippen molar-refractivity contribution in [3.05, 3.63) is 0 Å². The molecule has 0 aromatic heterocycles. The Hall–Kier alpha value is -0.570. The molecule has 0 heterocycles. The SMILES string of the molecule is COC(=O)CC[C@H]1CCC[C@H]1N. The van der Waals surface area contributed by atoms with Crippen LogP contribution in [0.25, 0.3) is 0 Å². The van der Waals surface area contributed by atoms with Crippen LogP contribution in [0.2, 0.25) is 0 Å². The molecule has 1 fully saturated rings. The third kappa shape index (κ3) is 2.48. The quantitative estimate of drug-likeness (QED) is 0.646. The summed E-state index contributed by atoms with van der Waals surface area (Å²) in [5, 5.41) is 0. The van der Waals surface area contributed by atoms with Crippen LogP contribution < -0.4 is 5.73 Å². The van der Waals surface area contributed by atoms with Crippen molar-refractivity contribution in [3.8, 4) is 0 Å². The highest BCUT2D eigenvalue weighted by Crippen LogP contribution is 2.27. The lowest BCUT2D eigenvalue weighted by molar-refractivity contribution is -0.140. The molecule has 1 rings (SSSR count). The van der Waals surface area contributed by atoms with E-state index < -0.39 is 0 Å². The lowest BCUT2D eigenvalue weighted by Gasteiger charge is -2.13. The third-order valence-electron chi connectivity index (χ3n) is 2.66. The van der Waals surface area contributed by atoms with Gasteiger partial charge >= 0.3 is 5.97 Å². The van der Waals surface area contributed by atoms with Gasteiger partial charge in [-0.25, -0.2) is 0 Å². The van der Waals surface area contributed by atoms with Crippen LogP contribution in [0.5, 0.6) is 0 Å². The van der Waals surface area contributed by atoms with Gasteiger partial charge in [-0.2, -0.15) is 0 Å². The molecular weight excluding hydrogens is 154 g/mol. The van der Waals surface area contributed by atoms with Gasteiger partial charge in [-0.3, -0.25) is 4.79 Å². The van der Waals surface area contributed by atoms with Crippen molar-refractivity contribution in [1.82, 2.24) is 0 Å². The van der Waals surface area contributed by atoms with E-state index in [0.29, 0.717) is 18.4 Å². The van der Waals surface area contributed by atoms with Crippen LogP contribution in [0, 0.1) is 5.92 Å². The number of esters is 1. The molecular formula is C9H17NO2. The second-order valence-corrected chi connectivity index (χ2v) is 3.47. The highest BCUT2D eigenvalue weighted by atomic mass is 16.5. The monoisotopic (exact) mass is 171 g/mol. The van der Waals surface area contributed by atoms with Crippen molar-refractivity contribution in [2.45, 2.75) is 38.1 Å². The van der Waals surface area contributed by atoms with E-state index in [-0.39, 0.29) is 5.97 Å². The van der Waals surface area contributed by atoms with Crippen LogP contribution in [0.1, 0.15) is 32.1 Å². The van der Waals surface area contributed by atoms with Crippen molar-refractivity contribution >= 4 is 5.97 Å². The van der Waals surface area contributed by atoms with Gasteiger partial charge in [-0.1, -0.05) is 6.42 Å². The van der Waals surface area contributed by atoms with E-state index >= 15 is 0 Å². The molecule has 0 unspecified atom stereocenters. The standard InChI is InChI=1S/C9H17NO2/c1-12-9(11)6-5-7-3-2-4-8(7)10/h7-8H,2-6,10H2,1H3/t7-,8-/m1/s1. The zero-order valence-corrected chi connectivity index (χ0v) is 7.58. The Morgan fingerprint density at radius 1 is 1.58 bits per heavy atom. The maximum Gasteiger partial charge on any atom is 0.305 e. The van der Waals surface area contributed by atoms with Crippen LogP contribution in [0.15, 0.2) is 0 Å². The van der Waals surface area contributed by atoms with Crippen LogP contribution >= 0.6 is 0 Å². The van der Waals surface area contributed by atoms with E-state index in [4.69, 9.17) is 5.73 Å². The van der Waals surface area contributed by atoms with Gasteiger partial charge in [-0.05, 0) is 25.2 Å². The number of carbonyl (C=O) groups is 1. The summed E-state index contributed by atoms with van der Waals surface area (Å²) in [4.78, 5) is 10.8. The second-order valence-electron chi connectivity index (χ2n) is 3.47. The molecule has 0 aromatic carbocycles. The Morgan fingerprint density at radius 3 is 2.83 bits per heavy atom. The lowest BCUT2D eigenvalue weighted by atomic mass is 9.98. The van der Waals surface area contributed by atoms with E-state index in [9.17, 15) is 4.79 Å². The van der Waals surface area contributed by atoms with Gasteiger partial charge in [0.05, 0.1) is 7.11 Å². The molecule has 0 amide bonds. The summed E-state index contributed by atoms with van der Waals surface area (Å²) in [5.74, 6) is 0.429. The zero-order valence-electron chi connectivity index (χ0n) is 7.58. The van der Waals surface area contributed by atoms with Gasteiger partial charge in [0.15, 0.2) is 0 Å². The Morgan fingerprint density at radius 2 is 2.33 bits per heavy atom. The fraction of sp³-hybridized carbons (Fsp3) is 0.889. The van der Waals surface area contributed by atoms with E-state index in [1.54, 1.807) is 0 Å². The Labute approximate surface area is 73.3 Å². The van der Waals surface area contributed by atoms with Gasteiger partial charge in [-0.15, -0.1) is 0 Å². The van der Waals surface area contributed by atoms with Crippen LogP contribution in [0.3, 0.4) is 0 Å². The zero-order chi connectivity index (χ0) is 8.97. The number of carbonyl (C=O) groups excluding carboxylic acids is 1. The second kappa shape index (κ2) is 4.45. The smallest absolute Gasteiger partial charge is 0.305 e. The third-order valence-corrected chi connectivity index (χ3v) is 2.66. The highest BCUT2D eigenvalue weighted by Gasteiger charge is 2.24. The number of hydrogen-bond donors (Lipinski definition) is 1. The molecule has 1 aliphatic rings. The molecule has 2 N–H and O–H groups in total. The molecule has 0 saturated heterocycles. The molecule has 3 nitrogen and oxygen atoms in total. The minimum absolute atomic E-state index is 0.117. The van der Waals surface area contributed by atoms with Crippen LogP contribution in [-0.4, -0.2) is 19.1 Å². The van der Waals surface area contributed by atoms with Crippen molar-refractivity contribution < 1.29 is 9.53 Å². The Bertz CT molecular complexity index is 159. The van der Waals surface area contributed by atoms with Gasteiger partial charge in [0, 0.05) is 12.5 Å². The fourth-order valence-electron chi connectivity index (χ4n) is 1.83. The lowest BCUT2D eigenvalue weighted by Crippen LogP contribution is -2.24. The molecule has 3 heteroatoms. The number of hydrogen-bond acceptors (Lipinski definition) is 3. The van der Waals surface area contributed by atoms with E-state index in [0.717, 1.165) is 12.8 Å². The summed E-state index contributed by atoms with van der Waals surface area (Å²) in [7, 11) is 1.43. The van der Waals surface area contributed by atoms with Crippen molar-refractivity contribution in [2.24, 2.45) is 11.7 Å². The van der Waals surface area contributed by atoms with E-state index in [1.807, 2.05) is 0 Å². The van der Waals surface area contributed by atoms with Gasteiger partial charge in [0.1, 0.15) is 0 Å². The Balaban J connectivity index is 2.18. The number of methoxy groups -OCH3 is 1. The first-order valence-electron chi connectivity index (χ1n) is 4.56. The van der Waals surface area contributed by atoms with Gasteiger partial charge in [0.2, 0.25) is 0 Å². The van der Waals surface area contributed by atoms with E-state index in [2.05, 4.69) is 4.74 Å². The average Bonchev–Trinajstić information content (AvgIpc) is 2.47. The van der Waals surface area contributed by atoms with Crippen molar-refractivity contribution in [2.75, 3.05) is 7.11 Å². The summed E-state index contributed by atoms with van der Waals surface area (Å²) in [6, 6.07) is 0.314. The number of rotatable bonds is 3. The van der Waals surface area contributed by atoms with Crippen molar-refractivity contribution in [3.63, 3.8) is 0 Å². The summed E-state index contributed by atoms with van der Waals surface area (Å²) >= 11 is 0. The van der Waals surface area contributed by atoms with Gasteiger partial charge in [0.25, 0.3) is 0 Å². The predicted molar refractivity (Wildman–Crippen MR) is 46.6 cm³/mol. The average molecular weight is 171 g/mol. The van der Waals surface area contributed by atoms with Crippen LogP contribution in [0.4, 0.5) is 0 Å². The maximum atomic E-state index is 10.8. The molecule has 2 atom stereocenters. The molecule has 1 aliphatic carbocycles. The Kier molecular flexibility index (Phi) is 3.53. The van der Waals surface area contributed by atoms with Crippen molar-refractivity contribution in [1.29, 1.82) is 0 Å². The largest absolute Gasteiger partial charge is 0.469 e. The minimum atomic E-state index is -0.117. The first-order chi connectivity index (χ1) is 5.74. The first-order valence-corrected chi connectivity index (χ1v) is 4.56. The minimum Gasteiger partial charge on any atom is -0.469 e. The van der Waals surface area contributed by atoms with Crippen LogP contribution in [-0.2, 0) is 9.53 Å². The van der Waals surface area contributed by atoms with E-state index in [1.165, 1.54) is 20.0 Å². The molecule has 0 bridgehead atoms. The molecule has 0 aliphatic heterocycles. The molecule has 1 saturated carbocycles. The molecule has 0 spiro atoms. The predicted octanol–water partition coefficient (Wildman–Crippen LogP) is 1.07. The summed E-state index contributed by atoms with van der Waals surface area (Å²) in [5.41, 5.74) is 5.85. The molecule has 12 heavy (non-hydrogen) atoms. The molecule has 0 radical (unpaired) electrons. The highest BCUT2D eigenvalue weighted by molar-refractivity contribution is 5.69. The first kappa shape index (κ1) is 9.52.